The monoisotopic (exact) mass is 218 g/mol. The van der Waals surface area contributed by atoms with Crippen LogP contribution in [0.25, 0.3) is 0 Å². The summed E-state index contributed by atoms with van der Waals surface area (Å²) in [5, 5.41) is 5.11. The summed E-state index contributed by atoms with van der Waals surface area (Å²) in [5.74, 6) is -0.844. The van der Waals surface area contributed by atoms with Gasteiger partial charge in [0.2, 0.25) is 5.91 Å². The molecule has 6 heteroatoms. The lowest BCUT2D eigenvalue weighted by Crippen LogP contribution is -2.42. The van der Waals surface area contributed by atoms with Gasteiger partial charge in [-0.25, -0.2) is 4.39 Å². The summed E-state index contributed by atoms with van der Waals surface area (Å²) >= 11 is 0. The minimum Gasteiger partial charge on any atom is -0.465 e. The largest absolute Gasteiger partial charge is 0.465 e. The van der Waals surface area contributed by atoms with Crippen LogP contribution in [-0.2, 0) is 14.3 Å². The quantitative estimate of drug-likeness (QED) is 0.616. The van der Waals surface area contributed by atoms with Crippen LogP contribution >= 0.6 is 0 Å². The maximum atomic E-state index is 12.7. The number of amides is 1. The summed E-state index contributed by atoms with van der Waals surface area (Å²) in [5.41, 5.74) is 0. The van der Waals surface area contributed by atoms with Crippen molar-refractivity contribution in [1.82, 2.24) is 10.6 Å². The van der Waals surface area contributed by atoms with E-state index in [1.54, 1.807) is 6.92 Å². The van der Waals surface area contributed by atoms with Gasteiger partial charge in [-0.05, 0) is 6.92 Å². The summed E-state index contributed by atoms with van der Waals surface area (Å²) in [6.07, 6.45) is -0.822. The fourth-order valence-corrected chi connectivity index (χ4v) is 1.39. The SMILES string of the molecule is CCOC(=O)CNC(=O)[C@H]1C[C@H](F)CN1. The molecule has 1 aliphatic rings. The highest BCUT2D eigenvalue weighted by molar-refractivity contribution is 5.85. The first-order valence-electron chi connectivity index (χ1n) is 4.94. The molecule has 1 saturated heterocycles. The van der Waals surface area contributed by atoms with Crippen molar-refractivity contribution in [2.24, 2.45) is 0 Å². The number of alkyl halides is 1. The van der Waals surface area contributed by atoms with Crippen molar-refractivity contribution in [2.45, 2.75) is 25.6 Å². The highest BCUT2D eigenvalue weighted by atomic mass is 19.1. The van der Waals surface area contributed by atoms with Gasteiger partial charge >= 0.3 is 5.97 Å². The average molecular weight is 218 g/mol. The van der Waals surface area contributed by atoms with E-state index in [2.05, 4.69) is 15.4 Å². The number of hydrogen-bond donors (Lipinski definition) is 2. The van der Waals surface area contributed by atoms with Gasteiger partial charge in [0.1, 0.15) is 12.7 Å². The molecule has 0 bridgehead atoms. The Morgan fingerprint density at radius 2 is 2.33 bits per heavy atom. The Morgan fingerprint density at radius 1 is 1.60 bits per heavy atom. The summed E-state index contributed by atoms with van der Waals surface area (Å²) in [6.45, 7) is 1.99. The number of ether oxygens (including phenoxy) is 1. The van der Waals surface area contributed by atoms with Crippen LogP contribution in [0.1, 0.15) is 13.3 Å². The lowest BCUT2D eigenvalue weighted by atomic mass is 10.2. The molecule has 0 aliphatic carbocycles. The third kappa shape index (κ3) is 3.83. The molecule has 5 nitrogen and oxygen atoms in total. The zero-order chi connectivity index (χ0) is 11.3. The molecule has 0 aromatic carbocycles. The second-order valence-electron chi connectivity index (χ2n) is 3.32. The second-order valence-corrected chi connectivity index (χ2v) is 3.32. The zero-order valence-electron chi connectivity index (χ0n) is 8.59. The fourth-order valence-electron chi connectivity index (χ4n) is 1.39. The number of rotatable bonds is 4. The molecule has 15 heavy (non-hydrogen) atoms. The van der Waals surface area contributed by atoms with Crippen LogP contribution in [0.5, 0.6) is 0 Å². The van der Waals surface area contributed by atoms with Gasteiger partial charge in [0.15, 0.2) is 0 Å². The van der Waals surface area contributed by atoms with E-state index >= 15 is 0 Å². The summed E-state index contributed by atoms with van der Waals surface area (Å²) in [4.78, 5) is 22.2. The van der Waals surface area contributed by atoms with E-state index in [0.29, 0.717) is 0 Å². The molecule has 0 aromatic rings. The van der Waals surface area contributed by atoms with Gasteiger partial charge in [0.25, 0.3) is 0 Å². The van der Waals surface area contributed by atoms with Crippen molar-refractivity contribution in [3.8, 4) is 0 Å². The molecule has 1 aliphatic heterocycles. The molecular formula is C9H15FN2O3. The van der Waals surface area contributed by atoms with Crippen molar-refractivity contribution in [2.75, 3.05) is 19.7 Å². The van der Waals surface area contributed by atoms with Crippen LogP contribution in [0.2, 0.25) is 0 Å². The van der Waals surface area contributed by atoms with E-state index in [1.807, 2.05) is 0 Å². The molecule has 0 radical (unpaired) electrons. The fraction of sp³-hybridized carbons (Fsp3) is 0.778. The van der Waals surface area contributed by atoms with Gasteiger partial charge in [0, 0.05) is 13.0 Å². The van der Waals surface area contributed by atoms with Gasteiger partial charge in [-0.1, -0.05) is 0 Å². The predicted molar refractivity (Wildman–Crippen MR) is 50.9 cm³/mol. The molecule has 1 amide bonds. The first kappa shape index (κ1) is 11.9. The zero-order valence-corrected chi connectivity index (χ0v) is 8.59. The van der Waals surface area contributed by atoms with Crippen LogP contribution < -0.4 is 10.6 Å². The van der Waals surface area contributed by atoms with Crippen LogP contribution in [0.4, 0.5) is 4.39 Å². The minimum atomic E-state index is -0.983. The van der Waals surface area contributed by atoms with E-state index in [9.17, 15) is 14.0 Å². The smallest absolute Gasteiger partial charge is 0.325 e. The van der Waals surface area contributed by atoms with E-state index in [4.69, 9.17) is 0 Å². The van der Waals surface area contributed by atoms with Crippen molar-refractivity contribution >= 4 is 11.9 Å². The van der Waals surface area contributed by atoms with Crippen molar-refractivity contribution in [3.05, 3.63) is 0 Å². The first-order valence-corrected chi connectivity index (χ1v) is 4.94. The van der Waals surface area contributed by atoms with Crippen molar-refractivity contribution in [1.29, 1.82) is 0 Å². The molecule has 1 rings (SSSR count). The number of carbonyl (C=O) groups is 2. The Balaban J connectivity index is 2.21. The minimum absolute atomic E-state index is 0.161. The molecule has 0 saturated carbocycles. The van der Waals surface area contributed by atoms with Gasteiger partial charge in [-0.15, -0.1) is 0 Å². The molecule has 0 aromatic heterocycles. The number of nitrogens with one attached hydrogen (secondary N) is 2. The first-order chi connectivity index (χ1) is 7.13. The normalized spacial score (nSPS) is 24.9. The van der Waals surface area contributed by atoms with E-state index in [1.165, 1.54) is 0 Å². The van der Waals surface area contributed by atoms with Crippen LogP contribution in [0.3, 0.4) is 0 Å². The average Bonchev–Trinajstić information content (AvgIpc) is 2.62. The highest BCUT2D eigenvalue weighted by Crippen LogP contribution is 2.09. The predicted octanol–water partition coefficient (Wildman–Crippen LogP) is -0.634. The van der Waals surface area contributed by atoms with Crippen LogP contribution in [-0.4, -0.2) is 43.8 Å². The van der Waals surface area contributed by atoms with Gasteiger partial charge in [0.05, 0.1) is 12.6 Å². The molecular weight excluding hydrogens is 203 g/mol. The molecule has 86 valence electrons. The molecule has 0 unspecified atom stereocenters. The van der Waals surface area contributed by atoms with E-state index in [-0.39, 0.29) is 32.0 Å². The standard InChI is InChI=1S/C9H15FN2O3/c1-2-15-8(13)5-12-9(14)7-3-6(10)4-11-7/h6-7,11H,2-5H2,1H3,(H,12,14)/t6-,7+/m0/s1. The Hall–Kier alpha value is -1.17. The van der Waals surface area contributed by atoms with E-state index in [0.717, 1.165) is 0 Å². The van der Waals surface area contributed by atoms with Gasteiger partial charge in [-0.2, -0.15) is 0 Å². The Bertz CT molecular complexity index is 248. The lowest BCUT2D eigenvalue weighted by Gasteiger charge is -2.09. The number of hydrogen-bond acceptors (Lipinski definition) is 4. The molecule has 1 fully saturated rings. The molecule has 0 spiro atoms. The third-order valence-electron chi connectivity index (χ3n) is 2.11. The number of carbonyl (C=O) groups excluding carboxylic acids is 2. The van der Waals surface area contributed by atoms with Crippen LogP contribution in [0.15, 0.2) is 0 Å². The third-order valence-corrected chi connectivity index (χ3v) is 2.11. The van der Waals surface area contributed by atoms with Gasteiger partial charge < -0.3 is 15.4 Å². The molecule has 1 heterocycles. The Labute approximate surface area is 87.4 Å². The maximum Gasteiger partial charge on any atom is 0.325 e. The second kappa shape index (κ2) is 5.65. The molecule has 2 atom stereocenters. The highest BCUT2D eigenvalue weighted by Gasteiger charge is 2.29. The van der Waals surface area contributed by atoms with Crippen molar-refractivity contribution < 1.29 is 18.7 Å². The number of halogens is 1. The number of esters is 1. The van der Waals surface area contributed by atoms with Crippen molar-refractivity contribution in [3.63, 3.8) is 0 Å². The summed E-state index contributed by atoms with van der Waals surface area (Å²) < 4.78 is 17.3. The van der Waals surface area contributed by atoms with E-state index < -0.39 is 18.2 Å². The summed E-state index contributed by atoms with van der Waals surface area (Å²) in [7, 11) is 0. The molecule has 2 N–H and O–H groups in total. The van der Waals surface area contributed by atoms with Crippen LogP contribution in [0, 0.1) is 0 Å². The Kier molecular flexibility index (Phi) is 4.48. The Morgan fingerprint density at radius 3 is 2.87 bits per heavy atom. The summed E-state index contributed by atoms with van der Waals surface area (Å²) in [6, 6.07) is -0.533. The topological polar surface area (TPSA) is 67.4 Å². The lowest BCUT2D eigenvalue weighted by molar-refractivity contribution is -0.143. The maximum absolute atomic E-state index is 12.7. The van der Waals surface area contributed by atoms with Gasteiger partial charge in [-0.3, -0.25) is 9.59 Å².